The Kier molecular flexibility index (Phi) is 5.64. The molecule has 2 aromatic carbocycles. The number of aryl methyl sites for hydroxylation is 2. The molecule has 0 saturated heterocycles. The second-order valence-electron chi connectivity index (χ2n) is 6.44. The molecule has 0 bridgehead atoms. The average molecular weight is 375 g/mol. The fourth-order valence-electron chi connectivity index (χ4n) is 2.52. The number of benzene rings is 2. The average Bonchev–Trinajstić information content (AvgIpc) is 2.66. The summed E-state index contributed by atoms with van der Waals surface area (Å²) in [6.45, 7) is 5.43. The summed E-state index contributed by atoms with van der Waals surface area (Å²) in [5.74, 6) is 0.558. The molecule has 0 saturated carbocycles. The number of amides is 2. The first-order valence-electron chi connectivity index (χ1n) is 8.78. The molecule has 0 aliphatic heterocycles. The van der Waals surface area contributed by atoms with E-state index in [2.05, 4.69) is 26.1 Å². The molecule has 0 radical (unpaired) electrons. The molecule has 0 fully saturated rings. The van der Waals surface area contributed by atoms with Crippen molar-refractivity contribution in [2.24, 2.45) is 0 Å². The first-order valence-corrected chi connectivity index (χ1v) is 8.78. The van der Waals surface area contributed by atoms with Gasteiger partial charge in [-0.05, 0) is 73.5 Å². The molecule has 28 heavy (non-hydrogen) atoms. The van der Waals surface area contributed by atoms with Gasteiger partial charge in [-0.25, -0.2) is 0 Å². The molecule has 142 valence electrons. The number of hydrogen-bond donors (Lipinski definition) is 3. The van der Waals surface area contributed by atoms with Crippen molar-refractivity contribution >= 4 is 34.8 Å². The Morgan fingerprint density at radius 3 is 2.00 bits per heavy atom. The maximum absolute atomic E-state index is 12.3. The van der Waals surface area contributed by atoms with Crippen molar-refractivity contribution < 1.29 is 9.59 Å². The van der Waals surface area contributed by atoms with Crippen molar-refractivity contribution in [2.45, 2.75) is 20.8 Å². The van der Waals surface area contributed by atoms with Crippen LogP contribution >= 0.6 is 0 Å². The van der Waals surface area contributed by atoms with Gasteiger partial charge in [0.25, 0.3) is 5.91 Å². The van der Waals surface area contributed by atoms with Crippen molar-refractivity contribution in [3.05, 3.63) is 71.3 Å². The fourth-order valence-corrected chi connectivity index (χ4v) is 2.52. The highest BCUT2D eigenvalue weighted by Crippen LogP contribution is 2.18. The predicted molar refractivity (Wildman–Crippen MR) is 110 cm³/mol. The molecule has 7 nitrogen and oxygen atoms in total. The maximum Gasteiger partial charge on any atom is 0.256 e. The zero-order chi connectivity index (χ0) is 20.1. The number of rotatable bonds is 5. The van der Waals surface area contributed by atoms with Crippen LogP contribution in [0.4, 0.5) is 23.0 Å². The molecule has 3 N–H and O–H groups in total. The number of carbonyl (C=O) groups excluding carboxylic acids is 2. The number of carbonyl (C=O) groups is 2. The molecular weight excluding hydrogens is 354 g/mol. The van der Waals surface area contributed by atoms with Gasteiger partial charge >= 0.3 is 0 Å². The molecule has 1 aromatic heterocycles. The summed E-state index contributed by atoms with van der Waals surface area (Å²) in [4.78, 5) is 23.4. The summed E-state index contributed by atoms with van der Waals surface area (Å²) >= 11 is 0. The number of anilines is 4. The lowest BCUT2D eigenvalue weighted by atomic mass is 10.1. The lowest BCUT2D eigenvalue weighted by molar-refractivity contribution is -0.114. The van der Waals surface area contributed by atoms with E-state index in [0.717, 1.165) is 16.8 Å². The molecule has 1 heterocycles. The third-order valence-corrected chi connectivity index (χ3v) is 4.15. The zero-order valence-electron chi connectivity index (χ0n) is 15.9. The van der Waals surface area contributed by atoms with Gasteiger partial charge in [0.1, 0.15) is 0 Å². The highest BCUT2D eigenvalue weighted by Gasteiger charge is 2.08. The van der Waals surface area contributed by atoms with E-state index in [1.165, 1.54) is 6.92 Å². The molecule has 0 aliphatic rings. The van der Waals surface area contributed by atoms with Gasteiger partial charge in [0.05, 0.1) is 0 Å². The summed E-state index contributed by atoms with van der Waals surface area (Å²) in [6.07, 6.45) is 0. The summed E-state index contributed by atoms with van der Waals surface area (Å²) in [6, 6.07) is 16.2. The number of hydrogen-bond acceptors (Lipinski definition) is 5. The van der Waals surface area contributed by atoms with E-state index in [1.807, 2.05) is 38.1 Å². The fraction of sp³-hybridized carbons (Fsp3) is 0.143. The summed E-state index contributed by atoms with van der Waals surface area (Å²) in [5.41, 5.74) is 4.29. The van der Waals surface area contributed by atoms with E-state index in [1.54, 1.807) is 30.3 Å². The van der Waals surface area contributed by atoms with Gasteiger partial charge in [0.15, 0.2) is 11.6 Å². The molecule has 0 aliphatic carbocycles. The van der Waals surface area contributed by atoms with Crippen LogP contribution in [0.15, 0.2) is 54.6 Å². The van der Waals surface area contributed by atoms with Gasteiger partial charge in [-0.15, -0.1) is 10.2 Å². The van der Waals surface area contributed by atoms with E-state index < -0.39 is 0 Å². The zero-order valence-corrected chi connectivity index (χ0v) is 15.9. The minimum absolute atomic E-state index is 0.120. The van der Waals surface area contributed by atoms with E-state index in [0.29, 0.717) is 22.9 Å². The topological polar surface area (TPSA) is 96.0 Å². The molecule has 2 amide bonds. The lowest BCUT2D eigenvalue weighted by Gasteiger charge is -2.08. The second-order valence-corrected chi connectivity index (χ2v) is 6.44. The van der Waals surface area contributed by atoms with Crippen molar-refractivity contribution in [3.8, 4) is 0 Å². The third-order valence-electron chi connectivity index (χ3n) is 4.15. The van der Waals surface area contributed by atoms with Gasteiger partial charge in [0, 0.05) is 23.9 Å². The summed E-state index contributed by atoms with van der Waals surface area (Å²) < 4.78 is 0. The molecule has 0 atom stereocenters. The number of nitrogens with one attached hydrogen (secondary N) is 3. The van der Waals surface area contributed by atoms with E-state index >= 15 is 0 Å². The Morgan fingerprint density at radius 2 is 1.39 bits per heavy atom. The van der Waals surface area contributed by atoms with Gasteiger partial charge in [-0.1, -0.05) is 6.07 Å². The Morgan fingerprint density at radius 1 is 0.750 bits per heavy atom. The molecule has 3 aromatic rings. The van der Waals surface area contributed by atoms with E-state index in [4.69, 9.17) is 0 Å². The monoisotopic (exact) mass is 375 g/mol. The van der Waals surface area contributed by atoms with Gasteiger partial charge in [-0.3, -0.25) is 9.59 Å². The molecule has 0 unspecified atom stereocenters. The molecule has 7 heteroatoms. The largest absolute Gasteiger partial charge is 0.339 e. The molecular formula is C21H21N5O2. The first-order chi connectivity index (χ1) is 13.4. The normalized spacial score (nSPS) is 10.2. The minimum atomic E-state index is -0.230. The van der Waals surface area contributed by atoms with Gasteiger partial charge < -0.3 is 16.0 Å². The number of aromatic nitrogens is 2. The standard InChI is InChI=1S/C21H21N5O2/c1-13-4-5-16(12-14(13)2)21(28)24-20-11-10-19(25-26-20)23-18-8-6-17(7-9-18)22-15(3)27/h4-12H,1-3H3,(H,22,27)(H,23,25)(H,24,26,28). The van der Waals surface area contributed by atoms with Crippen LogP contribution in [0, 0.1) is 13.8 Å². The highest BCUT2D eigenvalue weighted by molar-refractivity contribution is 6.03. The van der Waals surface area contributed by atoms with Crippen LogP contribution in [-0.2, 0) is 4.79 Å². The smallest absolute Gasteiger partial charge is 0.256 e. The Hall–Kier alpha value is -3.74. The lowest BCUT2D eigenvalue weighted by Crippen LogP contribution is -2.13. The highest BCUT2D eigenvalue weighted by atomic mass is 16.2. The van der Waals surface area contributed by atoms with Gasteiger partial charge in [-0.2, -0.15) is 0 Å². The molecule has 0 spiro atoms. The predicted octanol–water partition coefficient (Wildman–Crippen LogP) is 4.05. The summed E-state index contributed by atoms with van der Waals surface area (Å²) in [7, 11) is 0. The Bertz CT molecular complexity index is 998. The third kappa shape index (κ3) is 4.91. The van der Waals surface area contributed by atoms with Crippen molar-refractivity contribution in [3.63, 3.8) is 0 Å². The van der Waals surface area contributed by atoms with Crippen LogP contribution < -0.4 is 16.0 Å². The number of nitrogens with zero attached hydrogens (tertiary/aromatic N) is 2. The van der Waals surface area contributed by atoms with Crippen molar-refractivity contribution in [1.29, 1.82) is 0 Å². The minimum Gasteiger partial charge on any atom is -0.339 e. The van der Waals surface area contributed by atoms with Crippen LogP contribution in [0.1, 0.15) is 28.4 Å². The van der Waals surface area contributed by atoms with Crippen molar-refractivity contribution in [2.75, 3.05) is 16.0 Å². The molecule has 3 rings (SSSR count). The SMILES string of the molecule is CC(=O)Nc1ccc(Nc2ccc(NC(=O)c3ccc(C)c(C)c3)nn2)cc1. The van der Waals surface area contributed by atoms with E-state index in [-0.39, 0.29) is 11.8 Å². The van der Waals surface area contributed by atoms with Crippen LogP contribution in [0.2, 0.25) is 0 Å². The van der Waals surface area contributed by atoms with Crippen LogP contribution in [0.5, 0.6) is 0 Å². The summed E-state index contributed by atoms with van der Waals surface area (Å²) in [5, 5.41) is 16.7. The Labute approximate surface area is 163 Å². The second kappa shape index (κ2) is 8.30. The maximum atomic E-state index is 12.3. The Balaban J connectivity index is 1.62. The first kappa shape index (κ1) is 19.0. The van der Waals surface area contributed by atoms with E-state index in [9.17, 15) is 9.59 Å². The van der Waals surface area contributed by atoms with Crippen LogP contribution in [0.3, 0.4) is 0 Å². The van der Waals surface area contributed by atoms with Crippen LogP contribution in [-0.4, -0.2) is 22.0 Å². The van der Waals surface area contributed by atoms with Crippen molar-refractivity contribution in [1.82, 2.24) is 10.2 Å². The quantitative estimate of drug-likeness (QED) is 0.625. The van der Waals surface area contributed by atoms with Crippen LogP contribution in [0.25, 0.3) is 0 Å². The van der Waals surface area contributed by atoms with Gasteiger partial charge in [0.2, 0.25) is 5.91 Å².